The van der Waals surface area contributed by atoms with Crippen LogP contribution >= 0.6 is 0 Å². The summed E-state index contributed by atoms with van der Waals surface area (Å²) in [6.07, 6.45) is 7.07. The van der Waals surface area contributed by atoms with Gasteiger partial charge in [0.05, 0.1) is 24.2 Å². The first-order valence-corrected chi connectivity index (χ1v) is 10.8. The largest absolute Gasteiger partial charge is 0.490 e. The van der Waals surface area contributed by atoms with E-state index < -0.39 is 5.60 Å². The molecule has 1 fully saturated rings. The molecule has 0 amide bonds. The fourth-order valence-electron chi connectivity index (χ4n) is 3.55. The molecule has 1 N–H and O–H groups in total. The summed E-state index contributed by atoms with van der Waals surface area (Å²) in [5.74, 6) is 1.97. The van der Waals surface area contributed by atoms with Gasteiger partial charge in [0, 0.05) is 5.41 Å². The van der Waals surface area contributed by atoms with Crippen molar-refractivity contribution in [3.8, 4) is 17.4 Å². The highest BCUT2D eigenvalue weighted by Crippen LogP contribution is 2.34. The smallest absolute Gasteiger partial charge is 0.238 e. The lowest BCUT2D eigenvalue weighted by atomic mass is 9.78. The Labute approximate surface area is 184 Å². The molecule has 162 valence electrons. The fourth-order valence-corrected chi connectivity index (χ4v) is 3.55. The SMILES string of the molecule is CC(C)(O)c1cncc(Oc2ccc(C(C)(C)c3ccc(OC4CCC4)cc3)cc2)n1. The van der Waals surface area contributed by atoms with E-state index >= 15 is 0 Å². The molecular weight excluding hydrogens is 388 g/mol. The van der Waals surface area contributed by atoms with Gasteiger partial charge in [-0.3, -0.25) is 4.98 Å². The summed E-state index contributed by atoms with van der Waals surface area (Å²) in [5.41, 5.74) is 1.65. The third kappa shape index (κ3) is 4.88. The Hall–Kier alpha value is -2.92. The maximum atomic E-state index is 10.1. The molecule has 31 heavy (non-hydrogen) atoms. The van der Waals surface area contributed by atoms with Gasteiger partial charge in [0.25, 0.3) is 0 Å². The standard InChI is InChI=1S/C26H30N2O3/c1-25(2,18-8-12-21(13-9-18)30-20-6-5-7-20)19-10-14-22(15-11-19)31-24-17-27-16-23(28-24)26(3,4)29/h8-17,20,29H,5-7H2,1-4H3. The summed E-state index contributed by atoms with van der Waals surface area (Å²) in [7, 11) is 0. The van der Waals surface area contributed by atoms with E-state index in [2.05, 4.69) is 60.2 Å². The minimum absolute atomic E-state index is 0.159. The first-order chi connectivity index (χ1) is 14.7. The van der Waals surface area contributed by atoms with Gasteiger partial charge < -0.3 is 14.6 Å². The molecule has 0 bridgehead atoms. The lowest BCUT2D eigenvalue weighted by Gasteiger charge is -2.28. The Morgan fingerprint density at radius 3 is 1.94 bits per heavy atom. The highest BCUT2D eigenvalue weighted by Gasteiger charge is 2.24. The fraction of sp³-hybridized carbons (Fsp3) is 0.385. The molecule has 1 aromatic heterocycles. The van der Waals surface area contributed by atoms with Crippen molar-refractivity contribution in [2.24, 2.45) is 0 Å². The van der Waals surface area contributed by atoms with E-state index in [-0.39, 0.29) is 5.41 Å². The predicted octanol–water partition coefficient (Wildman–Crippen LogP) is 5.75. The van der Waals surface area contributed by atoms with E-state index in [4.69, 9.17) is 9.47 Å². The normalized spacial score (nSPS) is 14.7. The Kier molecular flexibility index (Phi) is 5.71. The molecule has 1 saturated carbocycles. The quantitative estimate of drug-likeness (QED) is 0.529. The monoisotopic (exact) mass is 418 g/mol. The van der Waals surface area contributed by atoms with Gasteiger partial charge in [-0.15, -0.1) is 0 Å². The van der Waals surface area contributed by atoms with Crippen molar-refractivity contribution in [1.82, 2.24) is 9.97 Å². The summed E-state index contributed by atoms with van der Waals surface area (Å²) in [4.78, 5) is 8.47. The molecule has 4 rings (SSSR count). The Balaban J connectivity index is 1.46. The lowest BCUT2D eigenvalue weighted by Crippen LogP contribution is -2.24. The van der Waals surface area contributed by atoms with Crippen molar-refractivity contribution in [1.29, 1.82) is 0 Å². The first kappa shape index (κ1) is 21.3. The van der Waals surface area contributed by atoms with Crippen molar-refractivity contribution in [3.63, 3.8) is 0 Å². The molecule has 0 unspecified atom stereocenters. The lowest BCUT2D eigenvalue weighted by molar-refractivity contribution is 0.0728. The van der Waals surface area contributed by atoms with Crippen LogP contribution in [-0.4, -0.2) is 21.2 Å². The highest BCUT2D eigenvalue weighted by atomic mass is 16.5. The zero-order valence-corrected chi connectivity index (χ0v) is 18.6. The number of aliphatic hydroxyl groups is 1. The molecular formula is C26H30N2O3. The van der Waals surface area contributed by atoms with E-state index in [1.165, 1.54) is 17.5 Å². The van der Waals surface area contributed by atoms with Crippen molar-refractivity contribution >= 4 is 0 Å². The van der Waals surface area contributed by atoms with Gasteiger partial charge in [-0.05, 0) is 68.5 Å². The summed E-state index contributed by atoms with van der Waals surface area (Å²) in [5, 5.41) is 10.1. The van der Waals surface area contributed by atoms with E-state index in [1.807, 2.05) is 12.1 Å². The summed E-state index contributed by atoms with van der Waals surface area (Å²) >= 11 is 0. The van der Waals surface area contributed by atoms with Crippen molar-refractivity contribution in [2.45, 2.75) is 64.1 Å². The van der Waals surface area contributed by atoms with Crippen LogP contribution in [-0.2, 0) is 11.0 Å². The maximum absolute atomic E-state index is 10.1. The molecule has 5 heteroatoms. The van der Waals surface area contributed by atoms with E-state index in [0.717, 1.165) is 18.6 Å². The van der Waals surface area contributed by atoms with Gasteiger partial charge in [-0.2, -0.15) is 0 Å². The Morgan fingerprint density at radius 1 is 0.839 bits per heavy atom. The molecule has 0 radical (unpaired) electrons. The van der Waals surface area contributed by atoms with Gasteiger partial charge in [-0.1, -0.05) is 38.1 Å². The van der Waals surface area contributed by atoms with Crippen LogP contribution in [0.5, 0.6) is 17.4 Å². The van der Waals surface area contributed by atoms with Gasteiger partial charge in [0.15, 0.2) is 0 Å². The third-order valence-corrected chi connectivity index (χ3v) is 5.97. The Morgan fingerprint density at radius 2 is 1.42 bits per heavy atom. The molecule has 0 aliphatic heterocycles. The van der Waals surface area contributed by atoms with Crippen LogP contribution in [0.2, 0.25) is 0 Å². The number of nitrogens with zero attached hydrogens (tertiary/aromatic N) is 2. The average Bonchev–Trinajstić information content (AvgIpc) is 2.71. The Bertz CT molecular complexity index is 1020. The minimum Gasteiger partial charge on any atom is -0.490 e. The number of hydrogen-bond donors (Lipinski definition) is 1. The van der Waals surface area contributed by atoms with Crippen LogP contribution in [0.25, 0.3) is 0 Å². The zero-order chi connectivity index (χ0) is 22.1. The molecule has 3 aromatic rings. The predicted molar refractivity (Wildman–Crippen MR) is 121 cm³/mol. The van der Waals surface area contributed by atoms with E-state index in [9.17, 15) is 5.11 Å². The molecule has 0 atom stereocenters. The first-order valence-electron chi connectivity index (χ1n) is 10.8. The minimum atomic E-state index is -1.07. The van der Waals surface area contributed by atoms with E-state index in [0.29, 0.717) is 23.4 Å². The van der Waals surface area contributed by atoms with Crippen molar-refractivity contribution in [2.75, 3.05) is 0 Å². The number of hydrogen-bond acceptors (Lipinski definition) is 5. The summed E-state index contributed by atoms with van der Waals surface area (Å²) in [6, 6.07) is 16.4. The maximum Gasteiger partial charge on any atom is 0.238 e. The number of aromatic nitrogens is 2. The molecule has 5 nitrogen and oxygen atoms in total. The van der Waals surface area contributed by atoms with E-state index in [1.54, 1.807) is 26.2 Å². The van der Waals surface area contributed by atoms with Crippen molar-refractivity contribution in [3.05, 3.63) is 77.7 Å². The van der Waals surface area contributed by atoms with Crippen LogP contribution in [0, 0.1) is 0 Å². The second-order valence-corrected chi connectivity index (χ2v) is 9.25. The van der Waals surface area contributed by atoms with Gasteiger partial charge in [0.1, 0.15) is 17.1 Å². The summed E-state index contributed by atoms with van der Waals surface area (Å²) < 4.78 is 11.8. The second-order valence-electron chi connectivity index (χ2n) is 9.25. The molecule has 0 saturated heterocycles. The number of benzene rings is 2. The molecule has 2 aromatic carbocycles. The second kappa shape index (κ2) is 8.31. The third-order valence-electron chi connectivity index (χ3n) is 5.97. The van der Waals surface area contributed by atoms with Gasteiger partial charge >= 0.3 is 0 Å². The number of ether oxygens (including phenoxy) is 2. The van der Waals surface area contributed by atoms with Crippen LogP contribution < -0.4 is 9.47 Å². The van der Waals surface area contributed by atoms with Crippen LogP contribution in [0.15, 0.2) is 60.9 Å². The van der Waals surface area contributed by atoms with Crippen LogP contribution in [0.1, 0.15) is 63.8 Å². The summed E-state index contributed by atoms with van der Waals surface area (Å²) in [6.45, 7) is 7.76. The molecule has 1 aliphatic rings. The topological polar surface area (TPSA) is 64.5 Å². The van der Waals surface area contributed by atoms with Crippen LogP contribution in [0.4, 0.5) is 0 Å². The van der Waals surface area contributed by atoms with Gasteiger partial charge in [-0.25, -0.2) is 4.98 Å². The average molecular weight is 419 g/mol. The van der Waals surface area contributed by atoms with Crippen molar-refractivity contribution < 1.29 is 14.6 Å². The molecule has 1 aliphatic carbocycles. The zero-order valence-electron chi connectivity index (χ0n) is 18.6. The molecule has 0 spiro atoms. The number of rotatable bonds is 7. The molecule has 1 heterocycles. The van der Waals surface area contributed by atoms with Crippen LogP contribution in [0.3, 0.4) is 0 Å². The highest BCUT2D eigenvalue weighted by molar-refractivity contribution is 5.42. The van der Waals surface area contributed by atoms with Gasteiger partial charge in [0.2, 0.25) is 5.88 Å².